The minimum Gasteiger partial charge on any atom is -0.258 e. The molecule has 4 nitrogen and oxygen atoms in total. The Kier molecular flexibility index (Phi) is 4.09. The summed E-state index contributed by atoms with van der Waals surface area (Å²) in [4.78, 5) is 13.1. The number of halogens is 4. The first-order valence-electron chi connectivity index (χ1n) is 3.65. The van der Waals surface area contributed by atoms with Crippen molar-refractivity contribution in [3.8, 4) is 0 Å². The Bertz CT molecular complexity index is 401. The average molecular weight is 346 g/mol. The van der Waals surface area contributed by atoms with Crippen LogP contribution < -0.4 is 0 Å². The highest BCUT2D eigenvalue weighted by atomic mass is 79.9. The summed E-state index contributed by atoms with van der Waals surface area (Å²) in [7, 11) is 0. The van der Waals surface area contributed by atoms with Gasteiger partial charge in [-0.3, -0.25) is 10.1 Å². The van der Waals surface area contributed by atoms with Gasteiger partial charge in [0.15, 0.2) is 5.69 Å². The third kappa shape index (κ3) is 2.69. The van der Waals surface area contributed by atoms with Crippen LogP contribution in [-0.2, 0) is 5.33 Å². The van der Waals surface area contributed by atoms with Gasteiger partial charge in [0.25, 0.3) is 12.1 Å². The fraction of sp³-hybridized carbons (Fsp3) is 0.286. The largest absolute Gasteiger partial charge is 0.297 e. The van der Waals surface area contributed by atoms with E-state index in [0.717, 1.165) is 6.07 Å². The van der Waals surface area contributed by atoms with E-state index in [0.29, 0.717) is 10.2 Å². The number of hydrogen-bond donors (Lipinski definition) is 0. The van der Waals surface area contributed by atoms with Crippen LogP contribution in [0.15, 0.2) is 10.5 Å². The molecule has 0 saturated heterocycles. The van der Waals surface area contributed by atoms with Crippen LogP contribution >= 0.6 is 31.9 Å². The minimum atomic E-state index is -2.96. The molecule has 0 radical (unpaired) electrons. The SMILES string of the molecule is O=[N+]([O-])c1cc(Br)c(CBr)nc1C(F)F. The Morgan fingerprint density at radius 3 is 2.60 bits per heavy atom. The lowest BCUT2D eigenvalue weighted by atomic mass is 10.2. The topological polar surface area (TPSA) is 56.0 Å². The number of nitro groups is 1. The second kappa shape index (κ2) is 4.93. The van der Waals surface area contributed by atoms with Crippen LogP contribution in [0.25, 0.3) is 0 Å². The summed E-state index contributed by atoms with van der Waals surface area (Å²) < 4.78 is 25.2. The van der Waals surface area contributed by atoms with E-state index in [1.54, 1.807) is 0 Å². The van der Waals surface area contributed by atoms with Crippen molar-refractivity contribution in [1.29, 1.82) is 0 Å². The highest BCUT2D eigenvalue weighted by molar-refractivity contribution is 9.10. The molecule has 1 aromatic rings. The number of rotatable bonds is 3. The van der Waals surface area contributed by atoms with E-state index >= 15 is 0 Å². The summed E-state index contributed by atoms with van der Waals surface area (Å²) >= 11 is 6.06. The molecular formula is C7H4Br2F2N2O2. The van der Waals surface area contributed by atoms with Crippen molar-refractivity contribution in [2.75, 3.05) is 0 Å². The molecule has 82 valence electrons. The van der Waals surface area contributed by atoms with Crippen LogP contribution in [0.2, 0.25) is 0 Å². The first-order chi connectivity index (χ1) is 6.97. The maximum atomic E-state index is 12.4. The van der Waals surface area contributed by atoms with Crippen LogP contribution in [0.4, 0.5) is 14.5 Å². The molecule has 0 fully saturated rings. The quantitative estimate of drug-likeness (QED) is 0.478. The molecule has 0 N–H and O–H groups in total. The molecule has 0 saturated carbocycles. The second-order valence-corrected chi connectivity index (χ2v) is 3.93. The number of alkyl halides is 3. The third-order valence-electron chi connectivity index (χ3n) is 1.59. The fourth-order valence-electron chi connectivity index (χ4n) is 0.934. The highest BCUT2D eigenvalue weighted by Gasteiger charge is 2.25. The second-order valence-electron chi connectivity index (χ2n) is 2.51. The van der Waals surface area contributed by atoms with Crippen molar-refractivity contribution < 1.29 is 13.7 Å². The molecule has 0 unspecified atom stereocenters. The number of aromatic nitrogens is 1. The van der Waals surface area contributed by atoms with Gasteiger partial charge in [0.1, 0.15) is 0 Å². The standard InChI is InChI=1S/C7H4Br2F2N2O2/c8-2-4-3(9)1-5(13(14)15)6(12-4)7(10)11/h1,7H,2H2. The first kappa shape index (κ1) is 12.4. The Labute approximate surface area is 100 Å². The zero-order valence-electron chi connectivity index (χ0n) is 7.08. The van der Waals surface area contributed by atoms with E-state index in [2.05, 4.69) is 36.8 Å². The Morgan fingerprint density at radius 2 is 2.20 bits per heavy atom. The van der Waals surface area contributed by atoms with Gasteiger partial charge in [-0.15, -0.1) is 0 Å². The van der Waals surface area contributed by atoms with Gasteiger partial charge in [-0.2, -0.15) is 0 Å². The van der Waals surface area contributed by atoms with Gasteiger partial charge < -0.3 is 0 Å². The molecule has 15 heavy (non-hydrogen) atoms. The summed E-state index contributed by atoms with van der Waals surface area (Å²) in [6.45, 7) is 0. The molecule has 1 rings (SSSR count). The van der Waals surface area contributed by atoms with Gasteiger partial charge >= 0.3 is 0 Å². The predicted molar refractivity (Wildman–Crippen MR) is 56.2 cm³/mol. The van der Waals surface area contributed by atoms with Gasteiger partial charge in [0, 0.05) is 15.9 Å². The van der Waals surface area contributed by atoms with E-state index < -0.39 is 22.7 Å². The lowest BCUT2D eigenvalue weighted by Crippen LogP contribution is -2.02. The molecule has 0 aliphatic rings. The van der Waals surface area contributed by atoms with Gasteiger partial charge in [-0.25, -0.2) is 13.8 Å². The molecule has 0 aliphatic heterocycles. The molecule has 0 amide bonds. The van der Waals surface area contributed by atoms with Crippen LogP contribution in [0.1, 0.15) is 17.8 Å². The fourth-order valence-corrected chi connectivity index (χ4v) is 2.18. The average Bonchev–Trinajstić information content (AvgIpc) is 2.16. The van der Waals surface area contributed by atoms with Crippen LogP contribution in [0, 0.1) is 10.1 Å². The zero-order chi connectivity index (χ0) is 11.6. The zero-order valence-corrected chi connectivity index (χ0v) is 10.3. The highest BCUT2D eigenvalue weighted by Crippen LogP contribution is 2.31. The molecule has 0 aliphatic carbocycles. The van der Waals surface area contributed by atoms with E-state index in [4.69, 9.17) is 0 Å². The molecule has 1 heterocycles. The number of pyridine rings is 1. The van der Waals surface area contributed by atoms with Crippen LogP contribution in [-0.4, -0.2) is 9.91 Å². The monoisotopic (exact) mass is 344 g/mol. The van der Waals surface area contributed by atoms with E-state index in [9.17, 15) is 18.9 Å². The van der Waals surface area contributed by atoms with Crippen molar-refractivity contribution in [2.45, 2.75) is 11.8 Å². The van der Waals surface area contributed by atoms with Crippen LogP contribution in [0.5, 0.6) is 0 Å². The molecule has 0 spiro atoms. The Hall–Kier alpha value is -0.630. The molecule has 0 atom stereocenters. The summed E-state index contributed by atoms with van der Waals surface area (Å²) in [6.07, 6.45) is -2.96. The lowest BCUT2D eigenvalue weighted by Gasteiger charge is -2.04. The van der Waals surface area contributed by atoms with Gasteiger partial charge in [0.05, 0.1) is 10.6 Å². The molecular weight excluding hydrogens is 342 g/mol. The van der Waals surface area contributed by atoms with Crippen molar-refractivity contribution in [1.82, 2.24) is 4.98 Å². The lowest BCUT2D eigenvalue weighted by molar-refractivity contribution is -0.386. The minimum absolute atomic E-state index is 0.241. The van der Waals surface area contributed by atoms with E-state index in [1.165, 1.54) is 0 Å². The van der Waals surface area contributed by atoms with Crippen molar-refractivity contribution in [3.63, 3.8) is 0 Å². The third-order valence-corrected chi connectivity index (χ3v) is 2.80. The smallest absolute Gasteiger partial charge is 0.258 e. The summed E-state index contributed by atoms with van der Waals surface area (Å²) in [6, 6.07) is 1.03. The Morgan fingerprint density at radius 1 is 1.60 bits per heavy atom. The molecule has 8 heteroatoms. The first-order valence-corrected chi connectivity index (χ1v) is 5.56. The van der Waals surface area contributed by atoms with Crippen molar-refractivity contribution in [2.24, 2.45) is 0 Å². The van der Waals surface area contributed by atoms with Crippen molar-refractivity contribution in [3.05, 3.63) is 32.0 Å². The summed E-state index contributed by atoms with van der Waals surface area (Å²) in [5.74, 6) is 0. The molecule has 0 bridgehead atoms. The maximum absolute atomic E-state index is 12.4. The maximum Gasteiger partial charge on any atom is 0.297 e. The number of hydrogen-bond acceptors (Lipinski definition) is 3. The van der Waals surface area contributed by atoms with Gasteiger partial charge in [-0.05, 0) is 15.9 Å². The van der Waals surface area contributed by atoms with Crippen molar-refractivity contribution >= 4 is 37.5 Å². The Balaban J connectivity index is 3.38. The summed E-state index contributed by atoms with van der Waals surface area (Å²) in [5.41, 5.74) is -1.19. The normalized spacial score (nSPS) is 10.7. The van der Waals surface area contributed by atoms with Gasteiger partial charge in [0.2, 0.25) is 0 Å². The molecule has 1 aromatic heterocycles. The van der Waals surface area contributed by atoms with Crippen LogP contribution in [0.3, 0.4) is 0 Å². The predicted octanol–water partition coefficient (Wildman–Crippen LogP) is 3.58. The number of nitrogens with zero attached hydrogens (tertiary/aromatic N) is 2. The van der Waals surface area contributed by atoms with E-state index in [-0.39, 0.29) is 5.33 Å². The van der Waals surface area contributed by atoms with E-state index in [1.807, 2.05) is 0 Å². The van der Waals surface area contributed by atoms with Gasteiger partial charge in [-0.1, -0.05) is 15.9 Å². The summed E-state index contributed by atoms with van der Waals surface area (Å²) in [5, 5.41) is 10.7. The molecule has 0 aromatic carbocycles.